The Balaban J connectivity index is 3.54. The molecule has 0 radical (unpaired) electrons. The first-order chi connectivity index (χ1) is 5.12. The lowest BCUT2D eigenvalue weighted by atomic mass is 10.3. The van der Waals surface area contributed by atoms with E-state index >= 15 is 0 Å². The summed E-state index contributed by atoms with van der Waals surface area (Å²) in [6.07, 6.45) is 3.84. The predicted octanol–water partition coefficient (Wildman–Crippen LogP) is 3.42. The Morgan fingerprint density at radius 3 is 2.82 bits per heavy atom. The molecule has 1 atom stereocenters. The fourth-order valence-electron chi connectivity index (χ4n) is 0.682. The van der Waals surface area contributed by atoms with Crippen molar-refractivity contribution in [3.63, 3.8) is 0 Å². The first-order valence-corrected chi connectivity index (χ1v) is 6.38. The summed E-state index contributed by atoms with van der Waals surface area (Å²) in [7, 11) is 0. The lowest BCUT2D eigenvalue weighted by Gasteiger charge is -2.07. The molecule has 0 saturated carbocycles. The van der Waals surface area contributed by atoms with E-state index in [2.05, 4.69) is 6.58 Å². The van der Waals surface area contributed by atoms with Crippen molar-refractivity contribution in [1.29, 1.82) is 0 Å². The van der Waals surface area contributed by atoms with Gasteiger partial charge in [0.2, 0.25) is 0 Å². The van der Waals surface area contributed by atoms with Gasteiger partial charge in [0, 0.05) is 6.16 Å². The molecule has 0 aromatic rings. The van der Waals surface area contributed by atoms with Crippen LogP contribution in [0.5, 0.6) is 0 Å². The standard InChI is InChI=1S/C7H14ClO2P/c1-3-5-6-7-11(8,9)10-4-2/h3H,1,4-7H2,2H3. The highest BCUT2D eigenvalue weighted by molar-refractivity contribution is 7.85. The van der Waals surface area contributed by atoms with Crippen LogP contribution in [-0.4, -0.2) is 12.8 Å². The van der Waals surface area contributed by atoms with E-state index in [4.69, 9.17) is 15.8 Å². The molecule has 0 rings (SSSR count). The van der Waals surface area contributed by atoms with E-state index in [1.807, 2.05) is 0 Å². The third-order valence-electron chi connectivity index (χ3n) is 1.16. The maximum Gasteiger partial charge on any atom is 0.290 e. The molecule has 0 spiro atoms. The lowest BCUT2D eigenvalue weighted by molar-refractivity contribution is 0.344. The first kappa shape index (κ1) is 11.2. The van der Waals surface area contributed by atoms with Crippen molar-refractivity contribution < 1.29 is 9.09 Å². The Morgan fingerprint density at radius 2 is 2.36 bits per heavy atom. The molecule has 0 bridgehead atoms. The van der Waals surface area contributed by atoms with E-state index in [1.54, 1.807) is 13.0 Å². The van der Waals surface area contributed by atoms with Crippen LogP contribution in [-0.2, 0) is 9.09 Å². The van der Waals surface area contributed by atoms with Gasteiger partial charge in [0.15, 0.2) is 0 Å². The van der Waals surface area contributed by atoms with Crippen molar-refractivity contribution in [1.82, 2.24) is 0 Å². The molecule has 0 aliphatic heterocycles. The van der Waals surface area contributed by atoms with Crippen LogP contribution in [0.4, 0.5) is 0 Å². The maximum absolute atomic E-state index is 11.2. The van der Waals surface area contributed by atoms with Gasteiger partial charge in [0.05, 0.1) is 6.61 Å². The summed E-state index contributed by atoms with van der Waals surface area (Å²) < 4.78 is 16.1. The number of hydrogen-bond acceptors (Lipinski definition) is 2. The maximum atomic E-state index is 11.2. The molecule has 0 heterocycles. The first-order valence-electron chi connectivity index (χ1n) is 3.66. The normalized spacial score (nSPS) is 15.8. The van der Waals surface area contributed by atoms with Crippen LogP contribution in [0.3, 0.4) is 0 Å². The van der Waals surface area contributed by atoms with Gasteiger partial charge < -0.3 is 4.52 Å². The molecule has 0 aromatic carbocycles. The van der Waals surface area contributed by atoms with Crippen molar-refractivity contribution in [3.05, 3.63) is 12.7 Å². The van der Waals surface area contributed by atoms with Crippen molar-refractivity contribution in [2.75, 3.05) is 12.8 Å². The molecule has 1 unspecified atom stereocenters. The van der Waals surface area contributed by atoms with Crippen LogP contribution in [0.2, 0.25) is 0 Å². The van der Waals surface area contributed by atoms with Crippen molar-refractivity contribution in [2.24, 2.45) is 0 Å². The van der Waals surface area contributed by atoms with Gasteiger partial charge in [-0.15, -0.1) is 6.58 Å². The van der Waals surface area contributed by atoms with Gasteiger partial charge in [-0.2, -0.15) is 0 Å². The van der Waals surface area contributed by atoms with Gasteiger partial charge >= 0.3 is 0 Å². The number of rotatable bonds is 6. The van der Waals surface area contributed by atoms with E-state index in [0.29, 0.717) is 12.8 Å². The molecule has 0 aliphatic rings. The molecular weight excluding hydrogens is 183 g/mol. The minimum absolute atomic E-state index is 0.412. The number of allylic oxidation sites excluding steroid dienone is 1. The highest BCUT2D eigenvalue weighted by atomic mass is 35.7. The Hall–Kier alpha value is 0.220. The van der Waals surface area contributed by atoms with Gasteiger partial charge in [-0.1, -0.05) is 6.08 Å². The molecule has 0 aliphatic carbocycles. The summed E-state index contributed by atoms with van der Waals surface area (Å²) in [4.78, 5) is 0. The summed E-state index contributed by atoms with van der Waals surface area (Å²) in [6, 6.07) is 0. The second-order valence-corrected chi connectivity index (χ2v) is 5.59. The molecule has 0 fully saturated rings. The Kier molecular flexibility index (Phi) is 5.93. The second-order valence-electron chi connectivity index (χ2n) is 2.16. The zero-order valence-electron chi connectivity index (χ0n) is 6.75. The lowest BCUT2D eigenvalue weighted by Crippen LogP contribution is -1.89. The van der Waals surface area contributed by atoms with E-state index in [1.165, 1.54) is 0 Å². The Labute approximate surface area is 72.8 Å². The SMILES string of the molecule is C=CCCCP(=O)(Cl)OCC. The number of hydrogen-bond donors (Lipinski definition) is 0. The summed E-state index contributed by atoms with van der Waals surface area (Å²) >= 11 is 5.57. The second kappa shape index (κ2) is 5.82. The quantitative estimate of drug-likeness (QED) is 0.370. The molecule has 0 saturated heterocycles. The molecule has 2 nitrogen and oxygen atoms in total. The van der Waals surface area contributed by atoms with Crippen LogP contribution in [0.15, 0.2) is 12.7 Å². The van der Waals surface area contributed by atoms with Crippen LogP contribution in [0.25, 0.3) is 0 Å². The smallest absolute Gasteiger partial charge is 0.290 e. The minimum Gasteiger partial charge on any atom is -0.318 e. The molecule has 4 heteroatoms. The number of halogens is 1. The van der Waals surface area contributed by atoms with E-state index in [0.717, 1.165) is 12.8 Å². The average molecular weight is 197 g/mol. The predicted molar refractivity (Wildman–Crippen MR) is 49.4 cm³/mol. The Morgan fingerprint density at radius 1 is 1.73 bits per heavy atom. The number of unbranched alkanes of at least 4 members (excludes halogenated alkanes) is 1. The Bertz CT molecular complexity index is 159. The summed E-state index contributed by atoms with van der Waals surface area (Å²) in [6.45, 7) is 2.95. The van der Waals surface area contributed by atoms with E-state index in [-0.39, 0.29) is 0 Å². The van der Waals surface area contributed by atoms with Crippen molar-refractivity contribution >= 4 is 18.0 Å². The zero-order chi connectivity index (χ0) is 8.74. The van der Waals surface area contributed by atoms with E-state index in [9.17, 15) is 4.57 Å². The highest BCUT2D eigenvalue weighted by Gasteiger charge is 2.16. The molecule has 0 aromatic heterocycles. The van der Waals surface area contributed by atoms with Crippen molar-refractivity contribution in [2.45, 2.75) is 19.8 Å². The third-order valence-corrected chi connectivity index (χ3v) is 3.45. The van der Waals surface area contributed by atoms with Crippen LogP contribution in [0, 0.1) is 0 Å². The van der Waals surface area contributed by atoms with Gasteiger partial charge in [0.1, 0.15) is 0 Å². The van der Waals surface area contributed by atoms with Gasteiger partial charge in [0.25, 0.3) is 6.72 Å². The zero-order valence-corrected chi connectivity index (χ0v) is 8.40. The average Bonchev–Trinajstić information content (AvgIpc) is 1.87. The topological polar surface area (TPSA) is 26.3 Å². The summed E-state index contributed by atoms with van der Waals surface area (Å²) in [5.41, 5.74) is 0. The van der Waals surface area contributed by atoms with Crippen LogP contribution < -0.4 is 0 Å². The fraction of sp³-hybridized carbons (Fsp3) is 0.714. The molecular formula is C7H14ClO2P. The largest absolute Gasteiger partial charge is 0.318 e. The van der Waals surface area contributed by atoms with Crippen LogP contribution >= 0.6 is 18.0 Å². The molecule has 11 heavy (non-hydrogen) atoms. The van der Waals surface area contributed by atoms with Crippen LogP contribution in [0.1, 0.15) is 19.8 Å². The molecule has 66 valence electrons. The van der Waals surface area contributed by atoms with Gasteiger partial charge in [-0.25, -0.2) is 0 Å². The fourth-order valence-corrected chi connectivity index (χ4v) is 2.41. The molecule has 0 N–H and O–H groups in total. The monoisotopic (exact) mass is 196 g/mol. The summed E-state index contributed by atoms with van der Waals surface area (Å²) in [5.74, 6) is 0. The molecule has 0 amide bonds. The van der Waals surface area contributed by atoms with Crippen molar-refractivity contribution in [3.8, 4) is 0 Å². The third kappa shape index (κ3) is 6.61. The summed E-state index contributed by atoms with van der Waals surface area (Å²) in [5, 5.41) is 0. The van der Waals surface area contributed by atoms with Gasteiger partial charge in [-0.05, 0) is 31.0 Å². The minimum atomic E-state index is -2.80. The van der Waals surface area contributed by atoms with E-state index < -0.39 is 6.72 Å². The van der Waals surface area contributed by atoms with Gasteiger partial charge in [-0.3, -0.25) is 4.57 Å². The highest BCUT2D eigenvalue weighted by Crippen LogP contribution is 2.52.